The molecule has 0 radical (unpaired) electrons. The quantitative estimate of drug-likeness (QED) is 0.835. The summed E-state index contributed by atoms with van der Waals surface area (Å²) in [6, 6.07) is 2.09. The molecule has 0 spiro atoms. The Labute approximate surface area is 115 Å². The zero-order chi connectivity index (χ0) is 13.9. The fourth-order valence-electron chi connectivity index (χ4n) is 2.64. The first-order valence-corrected chi connectivity index (χ1v) is 7.08. The number of rotatable bonds is 5. The number of hydrogen-bond acceptors (Lipinski definition) is 4. The van der Waals surface area contributed by atoms with E-state index in [4.69, 9.17) is 0 Å². The van der Waals surface area contributed by atoms with Crippen molar-refractivity contribution in [3.05, 3.63) is 18.0 Å². The van der Waals surface area contributed by atoms with E-state index < -0.39 is 5.60 Å². The normalized spacial score (nSPS) is 18.9. The average Bonchev–Trinajstić information content (AvgIpc) is 2.72. The van der Waals surface area contributed by atoms with Crippen molar-refractivity contribution in [2.45, 2.75) is 25.9 Å². The molecule has 0 atom stereocenters. The van der Waals surface area contributed by atoms with E-state index >= 15 is 0 Å². The zero-order valence-corrected chi connectivity index (χ0v) is 12.3. The highest BCUT2D eigenvalue weighted by Gasteiger charge is 2.22. The number of aromatic nitrogens is 2. The van der Waals surface area contributed by atoms with Crippen LogP contribution in [0.1, 0.15) is 19.5 Å². The SMILES string of the molecule is Cn1nccc1CCN1CCN(CC(C)(C)O)CC1. The zero-order valence-electron chi connectivity index (χ0n) is 12.3. The Morgan fingerprint density at radius 3 is 2.37 bits per heavy atom. The molecule has 0 aliphatic carbocycles. The maximum Gasteiger partial charge on any atom is 0.0718 e. The number of aliphatic hydroxyl groups is 1. The van der Waals surface area contributed by atoms with Gasteiger partial charge >= 0.3 is 0 Å². The second-order valence-corrected chi connectivity index (χ2v) is 6.13. The van der Waals surface area contributed by atoms with Gasteiger partial charge in [-0.1, -0.05) is 0 Å². The van der Waals surface area contributed by atoms with E-state index in [0.717, 1.165) is 45.7 Å². The van der Waals surface area contributed by atoms with Crippen LogP contribution in [0.15, 0.2) is 12.3 Å². The number of nitrogens with zero attached hydrogens (tertiary/aromatic N) is 4. The molecule has 0 unspecified atom stereocenters. The minimum Gasteiger partial charge on any atom is -0.389 e. The largest absolute Gasteiger partial charge is 0.389 e. The van der Waals surface area contributed by atoms with Gasteiger partial charge in [0.05, 0.1) is 5.60 Å². The summed E-state index contributed by atoms with van der Waals surface area (Å²) in [6.07, 6.45) is 2.92. The molecule has 5 heteroatoms. The Morgan fingerprint density at radius 1 is 1.21 bits per heavy atom. The van der Waals surface area contributed by atoms with Crippen LogP contribution in [-0.4, -0.2) is 69.6 Å². The number of piperazine rings is 1. The smallest absolute Gasteiger partial charge is 0.0718 e. The molecular formula is C14H26N4O. The molecule has 1 N–H and O–H groups in total. The Morgan fingerprint density at radius 2 is 1.84 bits per heavy atom. The van der Waals surface area contributed by atoms with Crippen molar-refractivity contribution in [1.82, 2.24) is 19.6 Å². The average molecular weight is 266 g/mol. The van der Waals surface area contributed by atoms with Crippen LogP contribution in [0.25, 0.3) is 0 Å². The molecule has 2 heterocycles. The lowest BCUT2D eigenvalue weighted by Gasteiger charge is -2.37. The molecule has 1 aliphatic rings. The molecular weight excluding hydrogens is 240 g/mol. The lowest BCUT2D eigenvalue weighted by Crippen LogP contribution is -2.50. The van der Waals surface area contributed by atoms with Crippen LogP contribution in [0, 0.1) is 0 Å². The van der Waals surface area contributed by atoms with Crippen molar-refractivity contribution >= 4 is 0 Å². The molecule has 1 fully saturated rings. The highest BCUT2D eigenvalue weighted by molar-refractivity contribution is 5.00. The third-order valence-electron chi connectivity index (χ3n) is 3.68. The van der Waals surface area contributed by atoms with E-state index in [-0.39, 0.29) is 0 Å². The van der Waals surface area contributed by atoms with E-state index in [9.17, 15) is 5.11 Å². The first kappa shape index (κ1) is 14.5. The molecule has 2 rings (SSSR count). The predicted molar refractivity (Wildman–Crippen MR) is 76.1 cm³/mol. The van der Waals surface area contributed by atoms with Crippen LogP contribution in [0.4, 0.5) is 0 Å². The molecule has 108 valence electrons. The molecule has 0 bridgehead atoms. The first-order valence-electron chi connectivity index (χ1n) is 7.08. The summed E-state index contributed by atoms with van der Waals surface area (Å²) < 4.78 is 1.95. The van der Waals surface area contributed by atoms with Crippen molar-refractivity contribution in [1.29, 1.82) is 0 Å². The maximum absolute atomic E-state index is 9.83. The highest BCUT2D eigenvalue weighted by atomic mass is 16.3. The third kappa shape index (κ3) is 4.60. The predicted octanol–water partition coefficient (Wildman–Crippen LogP) is 0.351. The van der Waals surface area contributed by atoms with Crippen molar-refractivity contribution < 1.29 is 5.11 Å². The molecule has 0 amide bonds. The summed E-state index contributed by atoms with van der Waals surface area (Å²) in [5, 5.41) is 14.0. The van der Waals surface area contributed by atoms with Gasteiger partial charge in [-0.25, -0.2) is 0 Å². The van der Waals surface area contributed by atoms with E-state index in [0.29, 0.717) is 0 Å². The van der Waals surface area contributed by atoms with Crippen LogP contribution in [0.3, 0.4) is 0 Å². The van der Waals surface area contributed by atoms with Gasteiger partial charge < -0.3 is 10.0 Å². The number of hydrogen-bond donors (Lipinski definition) is 1. The summed E-state index contributed by atoms with van der Waals surface area (Å²) in [6.45, 7) is 9.90. The molecule has 19 heavy (non-hydrogen) atoms. The van der Waals surface area contributed by atoms with Gasteiger partial charge in [-0.2, -0.15) is 5.10 Å². The standard InChI is InChI=1S/C14H26N4O/c1-14(2,19)12-18-10-8-17(9-11-18)7-5-13-4-6-15-16(13)3/h4,6,19H,5,7-12H2,1-3H3. The highest BCUT2D eigenvalue weighted by Crippen LogP contribution is 2.09. The van der Waals surface area contributed by atoms with E-state index in [1.54, 1.807) is 0 Å². The summed E-state index contributed by atoms with van der Waals surface area (Å²) in [7, 11) is 2.00. The molecule has 5 nitrogen and oxygen atoms in total. The molecule has 0 saturated carbocycles. The molecule has 0 aromatic carbocycles. The molecule has 1 aromatic heterocycles. The number of aryl methyl sites for hydroxylation is 1. The lowest BCUT2D eigenvalue weighted by molar-refractivity contribution is 0.0179. The maximum atomic E-state index is 9.83. The number of β-amino-alcohol motifs (C(OH)–C–C–N with tert-alkyl or cyclic N) is 1. The van der Waals surface area contributed by atoms with Crippen LogP contribution < -0.4 is 0 Å². The van der Waals surface area contributed by atoms with Crippen LogP contribution in [-0.2, 0) is 13.5 Å². The Bertz CT molecular complexity index is 388. The summed E-state index contributed by atoms with van der Waals surface area (Å²) >= 11 is 0. The van der Waals surface area contributed by atoms with Gasteiger partial charge in [-0.05, 0) is 19.9 Å². The van der Waals surface area contributed by atoms with Crippen molar-refractivity contribution in [3.8, 4) is 0 Å². The Balaban J connectivity index is 1.70. The van der Waals surface area contributed by atoms with Crippen molar-refractivity contribution in [2.24, 2.45) is 7.05 Å². The van der Waals surface area contributed by atoms with Gasteiger partial charge in [-0.15, -0.1) is 0 Å². The van der Waals surface area contributed by atoms with Gasteiger partial charge in [0.15, 0.2) is 0 Å². The van der Waals surface area contributed by atoms with E-state index in [2.05, 4.69) is 21.0 Å². The van der Waals surface area contributed by atoms with Gasteiger partial charge in [0.2, 0.25) is 0 Å². The first-order chi connectivity index (χ1) is 8.94. The second-order valence-electron chi connectivity index (χ2n) is 6.13. The van der Waals surface area contributed by atoms with E-state index in [1.165, 1.54) is 5.69 Å². The van der Waals surface area contributed by atoms with Crippen LogP contribution in [0.2, 0.25) is 0 Å². The Kier molecular flexibility index (Phi) is 4.60. The lowest BCUT2D eigenvalue weighted by atomic mass is 10.1. The third-order valence-corrected chi connectivity index (χ3v) is 3.68. The van der Waals surface area contributed by atoms with E-state index in [1.807, 2.05) is 31.8 Å². The van der Waals surface area contributed by atoms with Crippen LogP contribution in [0.5, 0.6) is 0 Å². The topological polar surface area (TPSA) is 44.5 Å². The second kappa shape index (κ2) is 6.03. The van der Waals surface area contributed by atoms with Gasteiger partial charge in [0.25, 0.3) is 0 Å². The van der Waals surface area contributed by atoms with Gasteiger partial charge in [-0.3, -0.25) is 9.58 Å². The minimum absolute atomic E-state index is 0.586. The van der Waals surface area contributed by atoms with Crippen molar-refractivity contribution in [2.75, 3.05) is 39.3 Å². The fraction of sp³-hybridized carbons (Fsp3) is 0.786. The van der Waals surface area contributed by atoms with Crippen molar-refractivity contribution in [3.63, 3.8) is 0 Å². The molecule has 1 aromatic rings. The summed E-state index contributed by atoms with van der Waals surface area (Å²) in [4.78, 5) is 4.84. The Hall–Kier alpha value is -0.910. The molecule has 1 aliphatic heterocycles. The summed E-state index contributed by atoms with van der Waals surface area (Å²) in [5.41, 5.74) is 0.704. The van der Waals surface area contributed by atoms with Crippen LogP contribution >= 0.6 is 0 Å². The van der Waals surface area contributed by atoms with Gasteiger partial charge in [0, 0.05) is 64.6 Å². The van der Waals surface area contributed by atoms with Gasteiger partial charge in [0.1, 0.15) is 0 Å². The fourth-order valence-corrected chi connectivity index (χ4v) is 2.64. The minimum atomic E-state index is -0.586. The summed E-state index contributed by atoms with van der Waals surface area (Å²) in [5.74, 6) is 0. The monoisotopic (exact) mass is 266 g/mol. The molecule has 1 saturated heterocycles.